The maximum Gasteiger partial charge on any atom is 0.311 e. The van der Waals surface area contributed by atoms with Gasteiger partial charge in [-0.05, 0) is 17.4 Å². The molecule has 0 aliphatic rings. The molecule has 0 aliphatic carbocycles. The Kier molecular flexibility index (Phi) is 4.69. The fourth-order valence-corrected chi connectivity index (χ4v) is 1.42. The van der Waals surface area contributed by atoms with Crippen molar-refractivity contribution in [2.45, 2.75) is 27.7 Å². The van der Waals surface area contributed by atoms with Gasteiger partial charge in [-0.15, -0.1) is 0 Å². The maximum atomic E-state index is 11.0. The van der Waals surface area contributed by atoms with Gasteiger partial charge in [0, 0.05) is 19.7 Å². The second-order valence-corrected chi connectivity index (χ2v) is 5.72. The molecule has 6 heteroatoms. The highest BCUT2D eigenvalue weighted by Crippen LogP contribution is 2.28. The van der Waals surface area contributed by atoms with Crippen LogP contribution in [0, 0.1) is 21.4 Å². The molecule has 0 amide bonds. The Hall–Kier alpha value is -1.85. The number of pyridine rings is 1. The molecule has 6 nitrogen and oxygen atoms in total. The van der Waals surface area contributed by atoms with E-state index in [0.29, 0.717) is 24.1 Å². The number of nitrogens with one attached hydrogen (secondary N) is 2. The predicted octanol–water partition coefficient (Wildman–Crippen LogP) is 3.13. The van der Waals surface area contributed by atoms with E-state index in [0.717, 1.165) is 0 Å². The normalized spacial score (nSPS) is 12.9. The summed E-state index contributed by atoms with van der Waals surface area (Å²) in [7, 11) is 1.73. The first-order valence-corrected chi connectivity index (χ1v) is 6.32. The van der Waals surface area contributed by atoms with Gasteiger partial charge in [0.15, 0.2) is 0 Å². The zero-order valence-electron chi connectivity index (χ0n) is 12.2. The quantitative estimate of drug-likeness (QED) is 0.632. The van der Waals surface area contributed by atoms with Crippen molar-refractivity contribution in [2.75, 3.05) is 24.2 Å². The number of hydrogen-bond acceptors (Lipinski definition) is 5. The molecule has 2 N–H and O–H groups in total. The van der Waals surface area contributed by atoms with Crippen molar-refractivity contribution in [3.05, 3.63) is 22.2 Å². The average molecular weight is 266 g/mol. The lowest BCUT2D eigenvalue weighted by molar-refractivity contribution is -0.384. The van der Waals surface area contributed by atoms with Crippen LogP contribution in [0.5, 0.6) is 0 Å². The summed E-state index contributed by atoms with van der Waals surface area (Å²) < 4.78 is 0. The lowest BCUT2D eigenvalue weighted by Gasteiger charge is -2.27. The number of nitrogens with zero attached hydrogens (tertiary/aromatic N) is 2. The number of rotatable bonds is 5. The van der Waals surface area contributed by atoms with Crippen LogP contribution in [-0.2, 0) is 0 Å². The van der Waals surface area contributed by atoms with Crippen molar-refractivity contribution in [1.82, 2.24) is 4.98 Å². The van der Waals surface area contributed by atoms with Gasteiger partial charge in [-0.1, -0.05) is 27.7 Å². The van der Waals surface area contributed by atoms with Crippen molar-refractivity contribution in [2.24, 2.45) is 11.3 Å². The summed E-state index contributed by atoms with van der Waals surface area (Å²) in [5.74, 6) is 1.29. The molecule has 106 valence electrons. The van der Waals surface area contributed by atoms with Crippen molar-refractivity contribution in [1.29, 1.82) is 0 Å². The Morgan fingerprint density at radius 3 is 2.53 bits per heavy atom. The van der Waals surface area contributed by atoms with E-state index in [2.05, 4.69) is 43.3 Å². The second-order valence-electron chi connectivity index (χ2n) is 5.72. The molecule has 0 spiro atoms. The second kappa shape index (κ2) is 5.86. The lowest BCUT2D eigenvalue weighted by atomic mass is 9.82. The molecule has 0 saturated carbocycles. The topological polar surface area (TPSA) is 80.1 Å². The molecular formula is C13H22N4O2. The number of anilines is 2. The Morgan fingerprint density at radius 2 is 2.05 bits per heavy atom. The summed E-state index contributed by atoms with van der Waals surface area (Å²) in [5.41, 5.74) is 0.141. The van der Waals surface area contributed by atoms with Crippen molar-refractivity contribution in [3.63, 3.8) is 0 Å². The molecule has 0 bridgehead atoms. The molecule has 1 heterocycles. The third kappa shape index (κ3) is 4.08. The summed E-state index contributed by atoms with van der Waals surface area (Å²) in [6.45, 7) is 9.19. The third-order valence-electron chi connectivity index (χ3n) is 3.38. The maximum absolute atomic E-state index is 11.0. The third-order valence-corrected chi connectivity index (χ3v) is 3.38. The van der Waals surface area contributed by atoms with E-state index in [9.17, 15) is 10.1 Å². The highest BCUT2D eigenvalue weighted by Gasteiger charge is 2.22. The smallest absolute Gasteiger partial charge is 0.311 e. The molecule has 0 radical (unpaired) electrons. The van der Waals surface area contributed by atoms with Gasteiger partial charge in [0.25, 0.3) is 0 Å². The minimum absolute atomic E-state index is 0.000101. The van der Waals surface area contributed by atoms with Crippen LogP contribution in [-0.4, -0.2) is 23.5 Å². The van der Waals surface area contributed by atoms with Crippen molar-refractivity contribution >= 4 is 17.3 Å². The van der Waals surface area contributed by atoms with Crippen LogP contribution < -0.4 is 10.6 Å². The van der Waals surface area contributed by atoms with E-state index in [1.807, 2.05) is 0 Å². The monoisotopic (exact) mass is 266 g/mol. The Morgan fingerprint density at radius 1 is 1.42 bits per heavy atom. The summed E-state index contributed by atoms with van der Waals surface area (Å²) in [6, 6.07) is 3.05. The average Bonchev–Trinajstić information content (AvgIpc) is 2.33. The van der Waals surface area contributed by atoms with Crippen LogP contribution in [0.25, 0.3) is 0 Å². The molecule has 1 atom stereocenters. The van der Waals surface area contributed by atoms with E-state index < -0.39 is 4.92 Å². The number of nitro groups is 1. The number of aromatic nitrogens is 1. The van der Waals surface area contributed by atoms with Crippen LogP contribution in [0.1, 0.15) is 27.7 Å². The summed E-state index contributed by atoms with van der Waals surface area (Å²) in [4.78, 5) is 14.8. The summed E-state index contributed by atoms with van der Waals surface area (Å²) >= 11 is 0. The van der Waals surface area contributed by atoms with Gasteiger partial charge in [0.1, 0.15) is 5.82 Å². The van der Waals surface area contributed by atoms with Crippen LogP contribution in [0.3, 0.4) is 0 Å². The minimum atomic E-state index is -0.420. The Balaban J connectivity index is 2.89. The molecule has 0 aromatic carbocycles. The summed E-state index contributed by atoms with van der Waals surface area (Å²) in [5, 5.41) is 16.9. The molecule has 1 aromatic heterocycles. The van der Waals surface area contributed by atoms with Crippen LogP contribution in [0.2, 0.25) is 0 Å². The predicted molar refractivity (Wildman–Crippen MR) is 77.5 cm³/mol. The zero-order valence-corrected chi connectivity index (χ0v) is 12.2. The van der Waals surface area contributed by atoms with Gasteiger partial charge >= 0.3 is 5.69 Å². The van der Waals surface area contributed by atoms with Gasteiger partial charge in [-0.2, -0.15) is 0 Å². The lowest BCUT2D eigenvalue weighted by Crippen LogP contribution is -2.25. The highest BCUT2D eigenvalue weighted by atomic mass is 16.6. The van der Waals surface area contributed by atoms with Gasteiger partial charge in [0.2, 0.25) is 5.82 Å². The highest BCUT2D eigenvalue weighted by molar-refractivity contribution is 5.60. The standard InChI is InChI=1S/C13H22N4O2/c1-9(13(2,3)4)8-15-12-10(17(18)19)6-7-11(14-5)16-12/h6-7,9H,8H2,1-5H3,(H2,14,15,16). The fraction of sp³-hybridized carbons (Fsp3) is 0.615. The SMILES string of the molecule is CNc1ccc([N+](=O)[O-])c(NCC(C)C(C)(C)C)n1. The first-order valence-electron chi connectivity index (χ1n) is 6.32. The van der Waals surface area contributed by atoms with Crippen LogP contribution in [0.4, 0.5) is 17.3 Å². The Labute approximate surface area is 113 Å². The van der Waals surface area contributed by atoms with E-state index in [1.165, 1.54) is 6.07 Å². The van der Waals surface area contributed by atoms with Crippen molar-refractivity contribution < 1.29 is 4.92 Å². The van der Waals surface area contributed by atoms with Gasteiger partial charge in [0.05, 0.1) is 4.92 Å². The van der Waals surface area contributed by atoms with Gasteiger partial charge in [-0.25, -0.2) is 4.98 Å². The van der Waals surface area contributed by atoms with Gasteiger partial charge < -0.3 is 10.6 Å². The number of hydrogen-bond donors (Lipinski definition) is 2. The van der Waals surface area contributed by atoms with Gasteiger partial charge in [-0.3, -0.25) is 10.1 Å². The first-order chi connectivity index (χ1) is 8.75. The Bertz CT molecular complexity index is 454. The summed E-state index contributed by atoms with van der Waals surface area (Å²) in [6.07, 6.45) is 0. The first kappa shape index (κ1) is 15.2. The largest absolute Gasteiger partial charge is 0.373 e. The molecule has 1 aromatic rings. The van der Waals surface area contributed by atoms with Crippen LogP contribution in [0.15, 0.2) is 12.1 Å². The van der Waals surface area contributed by atoms with E-state index >= 15 is 0 Å². The molecule has 0 aliphatic heterocycles. The fourth-order valence-electron chi connectivity index (χ4n) is 1.42. The molecule has 19 heavy (non-hydrogen) atoms. The van der Waals surface area contributed by atoms with E-state index in [4.69, 9.17) is 0 Å². The molecule has 1 rings (SSSR count). The molecular weight excluding hydrogens is 244 g/mol. The zero-order chi connectivity index (χ0) is 14.6. The van der Waals surface area contributed by atoms with E-state index in [-0.39, 0.29) is 11.1 Å². The van der Waals surface area contributed by atoms with Crippen molar-refractivity contribution in [3.8, 4) is 0 Å². The molecule has 1 unspecified atom stereocenters. The minimum Gasteiger partial charge on any atom is -0.373 e. The molecule has 0 saturated heterocycles. The molecule has 0 fully saturated rings. The van der Waals surface area contributed by atoms with Crippen LogP contribution >= 0.6 is 0 Å². The van der Waals surface area contributed by atoms with E-state index in [1.54, 1.807) is 13.1 Å².